The molecule has 0 saturated carbocycles. The van der Waals surface area contributed by atoms with Gasteiger partial charge in [-0.05, 0) is 33.6 Å². The zero-order valence-corrected chi connectivity index (χ0v) is 8.89. The van der Waals surface area contributed by atoms with Crippen LogP contribution in [0.25, 0.3) is 0 Å². The van der Waals surface area contributed by atoms with Gasteiger partial charge in [0.2, 0.25) is 5.91 Å². The van der Waals surface area contributed by atoms with E-state index in [-0.39, 0.29) is 6.61 Å². The molecule has 0 radical (unpaired) electrons. The molecule has 0 heterocycles. The Morgan fingerprint density at radius 1 is 1.62 bits per heavy atom. The molecule has 1 amide bonds. The maximum atomic E-state index is 10.9. The lowest BCUT2D eigenvalue weighted by Crippen LogP contribution is -2.12. The van der Waals surface area contributed by atoms with Crippen LogP contribution in [0.1, 0.15) is 15.9 Å². The maximum Gasteiger partial charge on any atom is 0.249 e. The average molecular weight is 265 g/mol. The maximum absolute atomic E-state index is 10.9. The van der Waals surface area contributed by atoms with Gasteiger partial charge in [-0.2, -0.15) is 0 Å². The molecule has 0 aliphatic rings. The Morgan fingerprint density at radius 3 is 2.69 bits per heavy atom. The monoisotopic (exact) mass is 263 g/mol. The predicted molar refractivity (Wildman–Crippen MR) is 53.6 cm³/mol. The molecule has 1 rings (SSSR count). The van der Waals surface area contributed by atoms with E-state index in [0.717, 1.165) is 0 Å². The second-order valence-corrected chi connectivity index (χ2v) is 3.71. The molecule has 0 aromatic heterocycles. The molecule has 0 aliphatic carbocycles. The van der Waals surface area contributed by atoms with Crippen molar-refractivity contribution < 1.29 is 9.90 Å². The molecule has 0 spiro atoms. The highest BCUT2D eigenvalue weighted by Crippen LogP contribution is 2.25. The lowest BCUT2D eigenvalue weighted by atomic mass is 10.1. The van der Waals surface area contributed by atoms with E-state index in [1.54, 1.807) is 0 Å². The fraction of sp³-hybridized carbons (Fsp3) is 0.125. The summed E-state index contributed by atoms with van der Waals surface area (Å²) in [7, 11) is 0. The summed E-state index contributed by atoms with van der Waals surface area (Å²) in [6.07, 6.45) is 0. The second kappa shape index (κ2) is 4.09. The van der Waals surface area contributed by atoms with Gasteiger partial charge in [0.25, 0.3) is 0 Å². The zero-order chi connectivity index (χ0) is 10.0. The number of primary amides is 1. The van der Waals surface area contributed by atoms with Crippen molar-refractivity contribution >= 4 is 33.4 Å². The van der Waals surface area contributed by atoms with Crippen molar-refractivity contribution in [3.63, 3.8) is 0 Å². The predicted octanol–water partition coefficient (Wildman–Crippen LogP) is 1.69. The number of benzene rings is 1. The van der Waals surface area contributed by atoms with Crippen molar-refractivity contribution in [2.75, 3.05) is 0 Å². The number of rotatable bonds is 2. The van der Waals surface area contributed by atoms with E-state index in [2.05, 4.69) is 15.9 Å². The third-order valence-electron chi connectivity index (χ3n) is 1.57. The van der Waals surface area contributed by atoms with Gasteiger partial charge in [-0.3, -0.25) is 4.79 Å². The molecule has 70 valence electrons. The summed E-state index contributed by atoms with van der Waals surface area (Å²) >= 11 is 8.91. The Balaban J connectivity index is 3.30. The Bertz CT molecular complexity index is 354. The van der Waals surface area contributed by atoms with Crippen LogP contribution in [-0.4, -0.2) is 11.0 Å². The largest absolute Gasteiger partial charge is 0.392 e. The van der Waals surface area contributed by atoms with Crippen molar-refractivity contribution in [2.24, 2.45) is 5.73 Å². The minimum atomic E-state index is -0.557. The van der Waals surface area contributed by atoms with Crippen LogP contribution in [-0.2, 0) is 6.61 Å². The molecule has 0 saturated heterocycles. The van der Waals surface area contributed by atoms with Gasteiger partial charge in [0, 0.05) is 9.50 Å². The second-order valence-electron chi connectivity index (χ2n) is 2.45. The van der Waals surface area contributed by atoms with Gasteiger partial charge in [-0.15, -0.1) is 0 Å². The lowest BCUT2D eigenvalue weighted by molar-refractivity contribution is 0.0999. The van der Waals surface area contributed by atoms with Crippen LogP contribution in [0.4, 0.5) is 0 Å². The van der Waals surface area contributed by atoms with E-state index >= 15 is 0 Å². The number of aliphatic hydroxyl groups excluding tert-OH is 1. The lowest BCUT2D eigenvalue weighted by Gasteiger charge is -2.05. The van der Waals surface area contributed by atoms with Crippen molar-refractivity contribution in [3.8, 4) is 0 Å². The Morgan fingerprint density at radius 2 is 2.23 bits per heavy atom. The first-order valence-electron chi connectivity index (χ1n) is 3.45. The van der Waals surface area contributed by atoms with E-state index in [1.165, 1.54) is 12.1 Å². The minimum absolute atomic E-state index is 0.216. The van der Waals surface area contributed by atoms with Crippen molar-refractivity contribution in [1.29, 1.82) is 0 Å². The molecule has 0 aliphatic heterocycles. The van der Waals surface area contributed by atoms with Gasteiger partial charge in [-0.25, -0.2) is 0 Å². The number of amides is 1. The summed E-state index contributed by atoms with van der Waals surface area (Å²) in [6.45, 7) is -0.216. The van der Waals surface area contributed by atoms with Crippen LogP contribution in [0.15, 0.2) is 16.6 Å². The number of halogens is 2. The average Bonchev–Trinajstić information content (AvgIpc) is 2.03. The number of nitrogens with two attached hydrogens (primary N) is 1. The van der Waals surface area contributed by atoms with E-state index in [0.29, 0.717) is 20.6 Å². The Labute approximate surface area is 88.6 Å². The quantitative estimate of drug-likeness (QED) is 0.854. The van der Waals surface area contributed by atoms with Crippen molar-refractivity contribution in [1.82, 2.24) is 0 Å². The molecule has 5 heteroatoms. The molecule has 3 N–H and O–H groups in total. The van der Waals surface area contributed by atoms with Crippen LogP contribution in [0.2, 0.25) is 5.02 Å². The van der Waals surface area contributed by atoms with E-state index in [4.69, 9.17) is 22.4 Å². The molecule has 0 atom stereocenters. The first kappa shape index (κ1) is 10.5. The smallest absolute Gasteiger partial charge is 0.249 e. The fourth-order valence-corrected chi connectivity index (χ4v) is 1.80. The molecule has 1 aromatic carbocycles. The van der Waals surface area contributed by atoms with Crippen LogP contribution in [0.5, 0.6) is 0 Å². The number of aliphatic hydroxyl groups is 1. The number of carbonyl (C=O) groups is 1. The molecule has 0 bridgehead atoms. The minimum Gasteiger partial charge on any atom is -0.392 e. The Kier molecular flexibility index (Phi) is 3.30. The summed E-state index contributed by atoms with van der Waals surface area (Å²) < 4.78 is 0.530. The third-order valence-corrected chi connectivity index (χ3v) is 2.58. The van der Waals surface area contributed by atoms with Gasteiger partial charge in [0.15, 0.2) is 0 Å². The normalized spacial score (nSPS) is 10.1. The number of carbonyl (C=O) groups excluding carboxylic acids is 1. The van der Waals surface area contributed by atoms with Crippen molar-refractivity contribution in [2.45, 2.75) is 6.61 Å². The highest BCUT2D eigenvalue weighted by molar-refractivity contribution is 9.10. The van der Waals surface area contributed by atoms with Crippen LogP contribution in [0, 0.1) is 0 Å². The van der Waals surface area contributed by atoms with Crippen LogP contribution >= 0.6 is 27.5 Å². The van der Waals surface area contributed by atoms with Gasteiger partial charge in [0.05, 0.1) is 12.2 Å². The first-order chi connectivity index (χ1) is 6.06. The van der Waals surface area contributed by atoms with Crippen molar-refractivity contribution in [3.05, 3.63) is 32.8 Å². The number of hydrogen-bond donors (Lipinski definition) is 2. The van der Waals surface area contributed by atoms with E-state index < -0.39 is 5.91 Å². The highest BCUT2D eigenvalue weighted by atomic mass is 79.9. The summed E-state index contributed by atoms with van der Waals surface area (Å²) in [5.74, 6) is -0.557. The van der Waals surface area contributed by atoms with E-state index in [9.17, 15) is 4.79 Å². The molecule has 0 unspecified atom stereocenters. The number of hydrogen-bond acceptors (Lipinski definition) is 2. The fourth-order valence-electron chi connectivity index (χ4n) is 0.904. The summed E-state index contributed by atoms with van der Waals surface area (Å²) in [4.78, 5) is 10.9. The molecule has 3 nitrogen and oxygen atoms in total. The first-order valence-corrected chi connectivity index (χ1v) is 4.62. The summed E-state index contributed by atoms with van der Waals surface area (Å²) in [5.41, 5.74) is 5.89. The standard InChI is InChI=1S/C8H7BrClNO2/c9-6-2-7(10)4(3-12)1-5(6)8(11)13/h1-2,12H,3H2,(H2,11,13). The van der Waals surface area contributed by atoms with Gasteiger partial charge in [0.1, 0.15) is 0 Å². The molecular weight excluding hydrogens is 257 g/mol. The summed E-state index contributed by atoms with van der Waals surface area (Å²) in [6, 6.07) is 3.00. The SMILES string of the molecule is NC(=O)c1cc(CO)c(Cl)cc1Br. The zero-order valence-electron chi connectivity index (χ0n) is 6.55. The Hall–Kier alpha value is -0.580. The van der Waals surface area contributed by atoms with Gasteiger partial charge >= 0.3 is 0 Å². The van der Waals surface area contributed by atoms with Crippen LogP contribution in [0.3, 0.4) is 0 Å². The van der Waals surface area contributed by atoms with Crippen LogP contribution < -0.4 is 5.73 Å². The van der Waals surface area contributed by atoms with Gasteiger partial charge in [-0.1, -0.05) is 11.6 Å². The molecular formula is C8H7BrClNO2. The van der Waals surface area contributed by atoms with Gasteiger partial charge < -0.3 is 10.8 Å². The molecule has 1 aromatic rings. The topological polar surface area (TPSA) is 63.3 Å². The molecule has 13 heavy (non-hydrogen) atoms. The molecule has 0 fully saturated rings. The highest BCUT2D eigenvalue weighted by Gasteiger charge is 2.10. The van der Waals surface area contributed by atoms with E-state index in [1.807, 2.05) is 0 Å². The third kappa shape index (κ3) is 2.21. The summed E-state index contributed by atoms with van der Waals surface area (Å²) in [5, 5.41) is 9.27.